The van der Waals surface area contributed by atoms with E-state index in [-0.39, 0.29) is 12.1 Å². The number of aryl methyl sites for hydroxylation is 1. The molecule has 2 aliphatic rings. The van der Waals surface area contributed by atoms with E-state index in [2.05, 4.69) is 4.72 Å². The van der Waals surface area contributed by atoms with Crippen LogP contribution in [-0.4, -0.2) is 21.1 Å². The van der Waals surface area contributed by atoms with Gasteiger partial charge >= 0.3 is 0 Å². The van der Waals surface area contributed by atoms with Crippen LogP contribution in [0.15, 0.2) is 17.0 Å². The van der Waals surface area contributed by atoms with Gasteiger partial charge in [0.2, 0.25) is 10.0 Å². The third kappa shape index (κ3) is 2.55. The first-order chi connectivity index (χ1) is 9.51. The number of nitrogens with one attached hydrogen (secondary N) is 1. The molecular weight excluding hydrogens is 276 g/mol. The Hall–Kier alpha value is -1.11. The zero-order valence-corrected chi connectivity index (χ0v) is 12.4. The summed E-state index contributed by atoms with van der Waals surface area (Å²) >= 11 is 0. The number of benzene rings is 1. The number of sulfonamides is 1. The minimum Gasteiger partial charge on any atom is -0.493 e. The molecule has 1 saturated carbocycles. The fourth-order valence-corrected chi connectivity index (χ4v) is 3.87. The molecule has 5 nitrogen and oxygen atoms in total. The first-order valence-electron chi connectivity index (χ1n) is 7.09. The standard InChI is InChI=1S/C14H20N2O3S/c1-2-9-7-11(20(17,18)16-10-3-4-10)8-12-13(15)5-6-19-14(9)12/h7-8,10,13,16H,2-6,15H2,1H3. The van der Waals surface area contributed by atoms with Crippen LogP contribution < -0.4 is 15.2 Å². The quantitative estimate of drug-likeness (QED) is 0.881. The van der Waals surface area contributed by atoms with Crippen molar-refractivity contribution < 1.29 is 13.2 Å². The highest BCUT2D eigenvalue weighted by atomic mass is 32.2. The molecule has 0 bridgehead atoms. The van der Waals surface area contributed by atoms with Crippen LogP contribution in [0.3, 0.4) is 0 Å². The van der Waals surface area contributed by atoms with Gasteiger partial charge in [0.05, 0.1) is 11.5 Å². The van der Waals surface area contributed by atoms with Crippen LogP contribution in [0.25, 0.3) is 0 Å². The van der Waals surface area contributed by atoms with E-state index in [9.17, 15) is 8.42 Å². The number of fused-ring (bicyclic) bond motifs is 1. The summed E-state index contributed by atoms with van der Waals surface area (Å²) in [7, 11) is -3.45. The molecule has 20 heavy (non-hydrogen) atoms. The Morgan fingerprint density at radius 3 is 2.75 bits per heavy atom. The van der Waals surface area contributed by atoms with E-state index in [1.807, 2.05) is 6.92 Å². The van der Waals surface area contributed by atoms with E-state index in [0.717, 1.165) is 42.6 Å². The fourth-order valence-electron chi connectivity index (χ4n) is 2.48. The van der Waals surface area contributed by atoms with Gasteiger partial charge in [-0.2, -0.15) is 0 Å². The lowest BCUT2D eigenvalue weighted by Crippen LogP contribution is -2.27. The zero-order valence-electron chi connectivity index (χ0n) is 11.6. The SMILES string of the molecule is CCc1cc(S(=O)(=O)NC2CC2)cc2c1OCCC2N. The highest BCUT2D eigenvalue weighted by Gasteiger charge is 2.30. The summed E-state index contributed by atoms with van der Waals surface area (Å²) < 4.78 is 33.1. The second-order valence-electron chi connectivity index (χ2n) is 5.49. The molecule has 1 fully saturated rings. The molecule has 0 spiro atoms. The van der Waals surface area contributed by atoms with E-state index in [1.165, 1.54) is 0 Å². The molecule has 1 unspecified atom stereocenters. The predicted molar refractivity (Wildman–Crippen MR) is 76.2 cm³/mol. The molecule has 1 heterocycles. The van der Waals surface area contributed by atoms with E-state index in [1.54, 1.807) is 12.1 Å². The van der Waals surface area contributed by atoms with Gasteiger partial charge < -0.3 is 10.5 Å². The lowest BCUT2D eigenvalue weighted by atomic mass is 9.97. The Labute approximate surface area is 119 Å². The maximum atomic E-state index is 12.4. The molecule has 6 heteroatoms. The van der Waals surface area contributed by atoms with Crippen molar-refractivity contribution in [1.29, 1.82) is 0 Å². The first-order valence-corrected chi connectivity index (χ1v) is 8.57. The third-order valence-corrected chi connectivity index (χ3v) is 5.33. The molecule has 3 N–H and O–H groups in total. The molecule has 0 aromatic heterocycles. The molecule has 1 aliphatic carbocycles. The van der Waals surface area contributed by atoms with Gasteiger partial charge in [-0.15, -0.1) is 0 Å². The summed E-state index contributed by atoms with van der Waals surface area (Å²) in [5, 5.41) is 0. The predicted octanol–water partition coefficient (Wildman–Crippen LogP) is 1.47. The normalized spacial score (nSPS) is 22.2. The number of nitrogens with two attached hydrogens (primary N) is 1. The molecule has 0 amide bonds. The van der Waals surface area contributed by atoms with Gasteiger partial charge in [-0.3, -0.25) is 0 Å². The van der Waals surface area contributed by atoms with Gasteiger partial charge in [-0.25, -0.2) is 13.1 Å². The van der Waals surface area contributed by atoms with Gasteiger partial charge in [0.15, 0.2) is 0 Å². The largest absolute Gasteiger partial charge is 0.493 e. The van der Waals surface area contributed by atoms with Gasteiger partial charge in [0, 0.05) is 24.1 Å². The average molecular weight is 296 g/mol. The lowest BCUT2D eigenvalue weighted by molar-refractivity contribution is 0.266. The Kier molecular flexibility index (Phi) is 3.48. The van der Waals surface area contributed by atoms with E-state index in [4.69, 9.17) is 10.5 Å². The highest BCUT2D eigenvalue weighted by molar-refractivity contribution is 7.89. The number of hydrogen-bond acceptors (Lipinski definition) is 4. The van der Waals surface area contributed by atoms with Crippen LogP contribution in [0.2, 0.25) is 0 Å². The van der Waals surface area contributed by atoms with Gasteiger partial charge in [-0.05, 0) is 37.0 Å². The summed E-state index contributed by atoms with van der Waals surface area (Å²) in [6, 6.07) is 3.33. The van der Waals surface area contributed by atoms with Crippen LogP contribution in [0.1, 0.15) is 43.4 Å². The molecule has 3 rings (SSSR count). The van der Waals surface area contributed by atoms with Crippen LogP contribution in [0.4, 0.5) is 0 Å². The topological polar surface area (TPSA) is 81.4 Å². The number of ether oxygens (including phenoxy) is 1. The first kappa shape index (κ1) is 13.9. The number of hydrogen-bond donors (Lipinski definition) is 2. The lowest BCUT2D eigenvalue weighted by Gasteiger charge is -2.26. The minimum absolute atomic E-state index is 0.103. The van der Waals surface area contributed by atoms with Crippen molar-refractivity contribution in [2.45, 2.75) is 49.6 Å². The van der Waals surface area contributed by atoms with Crippen molar-refractivity contribution in [2.24, 2.45) is 5.73 Å². The van der Waals surface area contributed by atoms with E-state index >= 15 is 0 Å². The monoisotopic (exact) mass is 296 g/mol. The summed E-state index contributed by atoms with van der Waals surface area (Å²) in [4.78, 5) is 0.306. The molecule has 0 radical (unpaired) electrons. The van der Waals surface area contributed by atoms with Crippen molar-refractivity contribution in [2.75, 3.05) is 6.61 Å². The summed E-state index contributed by atoms with van der Waals surface area (Å²) in [5.74, 6) is 0.775. The smallest absolute Gasteiger partial charge is 0.240 e. The van der Waals surface area contributed by atoms with Crippen molar-refractivity contribution in [3.63, 3.8) is 0 Å². The summed E-state index contributed by atoms with van der Waals surface area (Å²) in [6.07, 6.45) is 3.29. The molecular formula is C14H20N2O3S. The molecule has 1 aromatic carbocycles. The second-order valence-corrected chi connectivity index (χ2v) is 7.21. The maximum Gasteiger partial charge on any atom is 0.240 e. The van der Waals surface area contributed by atoms with Crippen molar-refractivity contribution in [3.05, 3.63) is 23.3 Å². The molecule has 1 aromatic rings. The minimum atomic E-state index is -3.45. The second kappa shape index (κ2) is 5.02. The van der Waals surface area contributed by atoms with Crippen LogP contribution in [-0.2, 0) is 16.4 Å². The molecule has 110 valence electrons. The Morgan fingerprint density at radius 2 is 2.10 bits per heavy atom. The Morgan fingerprint density at radius 1 is 1.35 bits per heavy atom. The fraction of sp³-hybridized carbons (Fsp3) is 0.571. The number of rotatable bonds is 4. The van der Waals surface area contributed by atoms with Crippen molar-refractivity contribution in [1.82, 2.24) is 4.72 Å². The third-order valence-electron chi connectivity index (χ3n) is 3.83. The van der Waals surface area contributed by atoms with Gasteiger partial charge in [0.25, 0.3) is 0 Å². The molecule has 0 saturated heterocycles. The van der Waals surface area contributed by atoms with E-state index < -0.39 is 10.0 Å². The van der Waals surface area contributed by atoms with E-state index in [0.29, 0.717) is 11.5 Å². The maximum absolute atomic E-state index is 12.4. The highest BCUT2D eigenvalue weighted by Crippen LogP contribution is 2.36. The zero-order chi connectivity index (χ0) is 14.3. The van der Waals surface area contributed by atoms with Crippen molar-refractivity contribution >= 4 is 10.0 Å². The molecule has 1 atom stereocenters. The van der Waals surface area contributed by atoms with Crippen LogP contribution in [0, 0.1) is 0 Å². The van der Waals surface area contributed by atoms with Crippen molar-refractivity contribution in [3.8, 4) is 5.75 Å². The van der Waals surface area contributed by atoms with Gasteiger partial charge in [-0.1, -0.05) is 6.92 Å². The Balaban J connectivity index is 2.05. The summed E-state index contributed by atoms with van der Waals surface area (Å²) in [6.45, 7) is 2.58. The Bertz CT molecular complexity index is 624. The molecule has 1 aliphatic heterocycles. The van der Waals surface area contributed by atoms with Crippen LogP contribution in [0.5, 0.6) is 5.75 Å². The van der Waals surface area contributed by atoms with Gasteiger partial charge in [0.1, 0.15) is 5.75 Å². The average Bonchev–Trinajstić information content (AvgIpc) is 3.21. The summed E-state index contributed by atoms with van der Waals surface area (Å²) in [5.41, 5.74) is 7.82. The van der Waals surface area contributed by atoms with Crippen LogP contribution >= 0.6 is 0 Å².